The second-order valence-corrected chi connectivity index (χ2v) is 4.74. The van der Waals surface area contributed by atoms with Crippen molar-refractivity contribution in [2.75, 3.05) is 5.32 Å². The molecule has 0 aliphatic rings. The van der Waals surface area contributed by atoms with E-state index in [1.54, 1.807) is 20.8 Å². The first kappa shape index (κ1) is 14.0. The Morgan fingerprint density at radius 1 is 1.44 bits per heavy atom. The lowest BCUT2D eigenvalue weighted by Gasteiger charge is -2.19. The van der Waals surface area contributed by atoms with E-state index in [0.717, 1.165) is 6.07 Å². The summed E-state index contributed by atoms with van der Waals surface area (Å²) >= 11 is 0. The highest BCUT2D eigenvalue weighted by Gasteiger charge is 2.17. The first-order chi connectivity index (χ1) is 8.19. The molecule has 0 bridgehead atoms. The molecular formula is C12H16FN3O2. The third-order valence-corrected chi connectivity index (χ3v) is 1.92. The van der Waals surface area contributed by atoms with Crippen LogP contribution in [0.5, 0.6) is 0 Å². The van der Waals surface area contributed by atoms with Crippen LogP contribution in [0.25, 0.3) is 0 Å². The van der Waals surface area contributed by atoms with Gasteiger partial charge in [0.15, 0.2) is 0 Å². The first-order valence-corrected chi connectivity index (χ1v) is 5.33. The molecule has 1 aromatic carbocycles. The van der Waals surface area contributed by atoms with Crippen LogP contribution >= 0.6 is 0 Å². The Balaban J connectivity index is 2.80. The van der Waals surface area contributed by atoms with Crippen molar-refractivity contribution in [2.24, 2.45) is 5.73 Å². The summed E-state index contributed by atoms with van der Waals surface area (Å²) in [7, 11) is 0. The van der Waals surface area contributed by atoms with Gasteiger partial charge in [0, 0.05) is 5.56 Å². The molecule has 1 amide bonds. The van der Waals surface area contributed by atoms with Gasteiger partial charge in [0.2, 0.25) is 0 Å². The van der Waals surface area contributed by atoms with E-state index in [-0.39, 0.29) is 17.1 Å². The molecular weight excluding hydrogens is 237 g/mol. The van der Waals surface area contributed by atoms with Crippen LogP contribution in [0.4, 0.5) is 14.9 Å². The number of benzene rings is 1. The molecule has 0 radical (unpaired) electrons. The standard InChI is InChI=1S/C12H16FN3O2/c1-12(2,3)18-11(17)16-9-5-4-7(10(14)15)6-8(9)13/h4-6H,1-3H3,(H3,14,15)(H,16,17). The first-order valence-electron chi connectivity index (χ1n) is 5.33. The quantitative estimate of drug-likeness (QED) is 0.558. The van der Waals surface area contributed by atoms with Crippen LogP contribution in [0.2, 0.25) is 0 Å². The molecule has 18 heavy (non-hydrogen) atoms. The van der Waals surface area contributed by atoms with E-state index < -0.39 is 17.5 Å². The fraction of sp³-hybridized carbons (Fsp3) is 0.333. The normalized spacial score (nSPS) is 10.9. The third-order valence-electron chi connectivity index (χ3n) is 1.92. The second-order valence-electron chi connectivity index (χ2n) is 4.74. The summed E-state index contributed by atoms with van der Waals surface area (Å²) in [6, 6.07) is 3.85. The molecule has 1 aromatic rings. The van der Waals surface area contributed by atoms with Crippen molar-refractivity contribution in [3.8, 4) is 0 Å². The minimum absolute atomic E-state index is 0.0192. The van der Waals surface area contributed by atoms with Gasteiger partial charge in [0.25, 0.3) is 0 Å². The molecule has 0 aliphatic carbocycles. The maximum atomic E-state index is 13.6. The van der Waals surface area contributed by atoms with Crippen LogP contribution in [0.1, 0.15) is 26.3 Å². The Morgan fingerprint density at radius 2 is 2.06 bits per heavy atom. The molecule has 0 saturated carbocycles. The van der Waals surface area contributed by atoms with Gasteiger partial charge < -0.3 is 10.5 Å². The summed E-state index contributed by atoms with van der Waals surface area (Å²) in [5.41, 5.74) is 4.80. The van der Waals surface area contributed by atoms with Crippen LogP contribution in [-0.2, 0) is 4.74 Å². The number of rotatable bonds is 2. The summed E-state index contributed by atoms with van der Waals surface area (Å²) in [4.78, 5) is 11.4. The molecule has 0 aromatic heterocycles. The minimum atomic E-state index is -0.739. The van der Waals surface area contributed by atoms with E-state index in [1.807, 2.05) is 0 Å². The summed E-state index contributed by atoms with van der Waals surface area (Å²) in [5, 5.41) is 9.45. The number of nitrogens with two attached hydrogens (primary N) is 1. The van der Waals surface area contributed by atoms with Crippen LogP contribution in [0.3, 0.4) is 0 Å². The van der Waals surface area contributed by atoms with Gasteiger partial charge in [0.05, 0.1) is 5.69 Å². The number of nitrogens with one attached hydrogen (secondary N) is 2. The molecule has 0 unspecified atom stereocenters. The van der Waals surface area contributed by atoms with Crippen molar-refractivity contribution in [2.45, 2.75) is 26.4 Å². The number of halogens is 1. The number of amides is 1. The van der Waals surface area contributed by atoms with Crippen molar-refractivity contribution in [1.29, 1.82) is 5.41 Å². The predicted octanol–water partition coefficient (Wildman–Crippen LogP) is 2.46. The van der Waals surface area contributed by atoms with E-state index in [2.05, 4.69) is 5.32 Å². The topological polar surface area (TPSA) is 88.2 Å². The largest absolute Gasteiger partial charge is 0.444 e. The lowest BCUT2D eigenvalue weighted by Crippen LogP contribution is -2.27. The van der Waals surface area contributed by atoms with Crippen molar-refractivity contribution >= 4 is 17.6 Å². The van der Waals surface area contributed by atoms with Gasteiger partial charge in [-0.25, -0.2) is 9.18 Å². The predicted molar refractivity (Wildman–Crippen MR) is 67.3 cm³/mol. The second kappa shape index (κ2) is 5.03. The van der Waals surface area contributed by atoms with Crippen molar-refractivity contribution in [1.82, 2.24) is 0 Å². The zero-order valence-electron chi connectivity index (χ0n) is 10.5. The van der Waals surface area contributed by atoms with Crippen LogP contribution in [-0.4, -0.2) is 17.5 Å². The number of ether oxygens (including phenoxy) is 1. The number of hydrogen-bond donors (Lipinski definition) is 3. The van der Waals surface area contributed by atoms with Crippen LogP contribution < -0.4 is 11.1 Å². The SMILES string of the molecule is CC(C)(C)OC(=O)Nc1ccc(C(=N)N)cc1F. The molecule has 0 heterocycles. The fourth-order valence-electron chi connectivity index (χ4n) is 1.20. The van der Waals surface area contributed by atoms with E-state index in [0.29, 0.717) is 0 Å². The van der Waals surface area contributed by atoms with Gasteiger partial charge in [-0.05, 0) is 39.0 Å². The summed E-state index contributed by atoms with van der Waals surface area (Å²) in [6.07, 6.45) is -0.739. The zero-order valence-corrected chi connectivity index (χ0v) is 10.5. The monoisotopic (exact) mass is 253 g/mol. The highest BCUT2D eigenvalue weighted by molar-refractivity contribution is 5.95. The average Bonchev–Trinajstić information content (AvgIpc) is 2.17. The highest BCUT2D eigenvalue weighted by Crippen LogP contribution is 2.17. The molecule has 0 saturated heterocycles. The van der Waals surface area contributed by atoms with E-state index >= 15 is 0 Å². The number of anilines is 1. The van der Waals surface area contributed by atoms with Gasteiger partial charge in [-0.3, -0.25) is 10.7 Å². The van der Waals surface area contributed by atoms with Crippen LogP contribution in [0, 0.1) is 11.2 Å². The van der Waals surface area contributed by atoms with Crippen molar-refractivity contribution < 1.29 is 13.9 Å². The lowest BCUT2D eigenvalue weighted by atomic mass is 10.2. The molecule has 5 nitrogen and oxygen atoms in total. The maximum Gasteiger partial charge on any atom is 0.412 e. The highest BCUT2D eigenvalue weighted by atomic mass is 19.1. The molecule has 4 N–H and O–H groups in total. The fourth-order valence-corrected chi connectivity index (χ4v) is 1.20. The molecule has 1 rings (SSSR count). The van der Waals surface area contributed by atoms with E-state index in [9.17, 15) is 9.18 Å². The molecule has 0 fully saturated rings. The molecule has 0 aliphatic heterocycles. The number of nitrogen functional groups attached to an aromatic ring is 1. The summed E-state index contributed by atoms with van der Waals surface area (Å²) < 4.78 is 18.6. The van der Waals surface area contributed by atoms with Crippen molar-refractivity contribution in [3.05, 3.63) is 29.6 Å². The molecule has 6 heteroatoms. The molecule has 0 spiro atoms. The van der Waals surface area contributed by atoms with E-state index in [1.165, 1.54) is 12.1 Å². The third kappa shape index (κ3) is 4.04. The number of carbonyl (C=O) groups is 1. The molecule has 98 valence electrons. The Bertz CT molecular complexity index is 481. The summed E-state index contributed by atoms with van der Waals surface area (Å²) in [5.74, 6) is -0.911. The number of carbonyl (C=O) groups excluding carboxylic acids is 1. The lowest BCUT2D eigenvalue weighted by molar-refractivity contribution is 0.0635. The van der Waals surface area contributed by atoms with Gasteiger partial charge in [-0.1, -0.05) is 0 Å². The van der Waals surface area contributed by atoms with Gasteiger partial charge >= 0.3 is 6.09 Å². The van der Waals surface area contributed by atoms with Gasteiger partial charge in [0.1, 0.15) is 17.3 Å². The van der Waals surface area contributed by atoms with Crippen molar-refractivity contribution in [3.63, 3.8) is 0 Å². The maximum absolute atomic E-state index is 13.6. The minimum Gasteiger partial charge on any atom is -0.444 e. The van der Waals surface area contributed by atoms with Gasteiger partial charge in [-0.2, -0.15) is 0 Å². The summed E-state index contributed by atoms with van der Waals surface area (Å²) in [6.45, 7) is 5.13. The molecule has 0 atom stereocenters. The Labute approximate surface area is 105 Å². The smallest absolute Gasteiger partial charge is 0.412 e. The number of hydrogen-bond acceptors (Lipinski definition) is 3. The zero-order chi connectivity index (χ0) is 13.9. The Kier molecular flexibility index (Phi) is 3.90. The average molecular weight is 253 g/mol. The Morgan fingerprint density at radius 3 is 2.50 bits per heavy atom. The van der Waals surface area contributed by atoms with E-state index in [4.69, 9.17) is 15.9 Å². The Hall–Kier alpha value is -2.11. The number of amidine groups is 1. The van der Waals surface area contributed by atoms with Gasteiger partial charge in [-0.15, -0.1) is 0 Å². The van der Waals surface area contributed by atoms with Crippen LogP contribution in [0.15, 0.2) is 18.2 Å².